The highest BCUT2D eigenvalue weighted by Gasteiger charge is 2.21. The molecule has 3 heteroatoms. The van der Waals surface area contributed by atoms with Gasteiger partial charge in [-0.2, -0.15) is 0 Å². The molecule has 1 atom stereocenters. The van der Waals surface area contributed by atoms with Gasteiger partial charge in [0.1, 0.15) is 0 Å². The largest absolute Gasteiger partial charge is 0.366 e. The molecule has 2 aromatic rings. The van der Waals surface area contributed by atoms with E-state index in [0.717, 1.165) is 11.9 Å². The van der Waals surface area contributed by atoms with Crippen molar-refractivity contribution in [2.45, 2.75) is 32.1 Å². The number of hydrogen-bond donors (Lipinski definition) is 2. The van der Waals surface area contributed by atoms with Gasteiger partial charge in [-0.15, -0.1) is 0 Å². The predicted octanol–water partition coefficient (Wildman–Crippen LogP) is 2.71. The Balaban J connectivity index is 2.25. The number of rotatable bonds is 1. The fraction of sp³-hybridized carbons (Fsp3) is 0.357. The Bertz CT molecular complexity index is 598. The molecule has 1 aliphatic rings. The summed E-state index contributed by atoms with van der Waals surface area (Å²) in [5, 5.41) is 1.17. The van der Waals surface area contributed by atoms with Crippen LogP contribution in [0.15, 0.2) is 18.2 Å². The number of carbonyl (C=O) groups is 1. The second kappa shape index (κ2) is 3.62. The van der Waals surface area contributed by atoms with Gasteiger partial charge < -0.3 is 10.7 Å². The van der Waals surface area contributed by atoms with Crippen LogP contribution in [0.1, 0.15) is 47.3 Å². The lowest BCUT2D eigenvalue weighted by molar-refractivity contribution is 0.100. The Kier molecular flexibility index (Phi) is 2.21. The maximum atomic E-state index is 11.2. The second-order valence-electron chi connectivity index (χ2n) is 4.94. The van der Waals surface area contributed by atoms with Crippen molar-refractivity contribution in [2.75, 3.05) is 0 Å². The lowest BCUT2D eigenvalue weighted by Gasteiger charge is -2.18. The molecular formula is C14H16N2O. The van der Waals surface area contributed by atoms with Crippen molar-refractivity contribution in [3.63, 3.8) is 0 Å². The number of H-pyrrole nitrogens is 1. The standard InChI is InChI=1S/C14H16N2O/c1-8-3-2-4-10-11-7-9(14(15)17)5-6-12(11)16-13(8)10/h5-8,16H,2-4H2,1H3,(H2,15,17). The highest BCUT2D eigenvalue weighted by Crippen LogP contribution is 2.35. The number of hydrogen-bond acceptors (Lipinski definition) is 1. The van der Waals surface area contributed by atoms with E-state index in [4.69, 9.17) is 5.73 Å². The molecule has 0 saturated carbocycles. The fourth-order valence-electron chi connectivity index (χ4n) is 2.84. The highest BCUT2D eigenvalue weighted by molar-refractivity contribution is 5.98. The molecule has 0 bridgehead atoms. The van der Waals surface area contributed by atoms with Crippen LogP contribution in [0.5, 0.6) is 0 Å². The number of fused-ring (bicyclic) bond motifs is 3. The van der Waals surface area contributed by atoms with Crippen LogP contribution >= 0.6 is 0 Å². The van der Waals surface area contributed by atoms with E-state index in [-0.39, 0.29) is 5.91 Å². The van der Waals surface area contributed by atoms with E-state index in [1.165, 1.54) is 29.5 Å². The predicted molar refractivity (Wildman–Crippen MR) is 68.2 cm³/mol. The number of nitrogens with two attached hydrogens (primary N) is 1. The number of primary amides is 1. The number of amides is 1. The average Bonchev–Trinajstić information content (AvgIpc) is 2.68. The zero-order chi connectivity index (χ0) is 12.0. The topological polar surface area (TPSA) is 58.9 Å². The zero-order valence-electron chi connectivity index (χ0n) is 9.92. The molecular weight excluding hydrogens is 212 g/mol. The summed E-state index contributed by atoms with van der Waals surface area (Å²) in [6.45, 7) is 2.25. The van der Waals surface area contributed by atoms with Gasteiger partial charge in [0.2, 0.25) is 5.91 Å². The van der Waals surface area contributed by atoms with Gasteiger partial charge in [-0.1, -0.05) is 6.92 Å². The summed E-state index contributed by atoms with van der Waals surface area (Å²) in [6, 6.07) is 5.67. The van der Waals surface area contributed by atoms with Crippen LogP contribution in [0.2, 0.25) is 0 Å². The number of aryl methyl sites for hydroxylation is 1. The molecule has 0 fully saturated rings. The summed E-state index contributed by atoms with van der Waals surface area (Å²) in [5.41, 5.74) is 9.76. The molecule has 88 valence electrons. The third kappa shape index (κ3) is 1.54. The maximum absolute atomic E-state index is 11.2. The van der Waals surface area contributed by atoms with Crippen LogP contribution in [0.4, 0.5) is 0 Å². The Labute approximate surface area is 100 Å². The van der Waals surface area contributed by atoms with Crippen LogP contribution in [-0.4, -0.2) is 10.9 Å². The van der Waals surface area contributed by atoms with Gasteiger partial charge in [-0.05, 0) is 48.9 Å². The molecule has 3 N–H and O–H groups in total. The van der Waals surface area contributed by atoms with Crippen molar-refractivity contribution >= 4 is 16.8 Å². The lowest BCUT2D eigenvalue weighted by atomic mass is 9.88. The molecule has 0 radical (unpaired) electrons. The van der Waals surface area contributed by atoms with Crippen molar-refractivity contribution < 1.29 is 4.79 Å². The molecule has 3 nitrogen and oxygen atoms in total. The molecule has 1 aromatic heterocycles. The second-order valence-corrected chi connectivity index (χ2v) is 4.94. The smallest absolute Gasteiger partial charge is 0.248 e. The third-order valence-electron chi connectivity index (χ3n) is 3.78. The van der Waals surface area contributed by atoms with Crippen LogP contribution in [0.25, 0.3) is 10.9 Å². The van der Waals surface area contributed by atoms with E-state index >= 15 is 0 Å². The van der Waals surface area contributed by atoms with E-state index < -0.39 is 0 Å². The van der Waals surface area contributed by atoms with Gasteiger partial charge in [0.15, 0.2) is 0 Å². The molecule has 0 saturated heterocycles. The van der Waals surface area contributed by atoms with E-state index in [2.05, 4.69) is 11.9 Å². The van der Waals surface area contributed by atoms with Crippen LogP contribution in [-0.2, 0) is 6.42 Å². The Hall–Kier alpha value is -1.77. The van der Waals surface area contributed by atoms with Crippen molar-refractivity contribution in [2.24, 2.45) is 5.73 Å². The Morgan fingerprint density at radius 2 is 2.29 bits per heavy atom. The first-order chi connectivity index (χ1) is 8.16. The highest BCUT2D eigenvalue weighted by atomic mass is 16.1. The minimum atomic E-state index is -0.356. The minimum absolute atomic E-state index is 0.356. The number of aromatic nitrogens is 1. The van der Waals surface area contributed by atoms with Gasteiger partial charge in [-0.25, -0.2) is 0 Å². The van der Waals surface area contributed by atoms with Crippen molar-refractivity contribution in [1.82, 2.24) is 4.98 Å². The monoisotopic (exact) mass is 228 g/mol. The van der Waals surface area contributed by atoms with Gasteiger partial charge in [-0.3, -0.25) is 4.79 Å². The van der Waals surface area contributed by atoms with E-state index in [1.807, 2.05) is 12.1 Å². The molecule has 1 amide bonds. The first-order valence-corrected chi connectivity index (χ1v) is 6.11. The minimum Gasteiger partial charge on any atom is -0.366 e. The van der Waals surface area contributed by atoms with Crippen LogP contribution in [0, 0.1) is 0 Å². The zero-order valence-corrected chi connectivity index (χ0v) is 9.92. The molecule has 0 aliphatic heterocycles. The Morgan fingerprint density at radius 3 is 3.06 bits per heavy atom. The molecule has 1 aliphatic carbocycles. The van der Waals surface area contributed by atoms with E-state index in [0.29, 0.717) is 11.5 Å². The van der Waals surface area contributed by atoms with Crippen molar-refractivity contribution in [3.05, 3.63) is 35.0 Å². The third-order valence-corrected chi connectivity index (χ3v) is 3.78. The number of aromatic amines is 1. The molecule has 17 heavy (non-hydrogen) atoms. The fourth-order valence-corrected chi connectivity index (χ4v) is 2.84. The molecule has 3 rings (SSSR count). The normalized spacial score (nSPS) is 19.2. The van der Waals surface area contributed by atoms with E-state index in [1.54, 1.807) is 6.07 Å². The molecule has 1 unspecified atom stereocenters. The number of benzene rings is 1. The molecule has 1 heterocycles. The Morgan fingerprint density at radius 1 is 1.47 bits per heavy atom. The summed E-state index contributed by atoms with van der Waals surface area (Å²) >= 11 is 0. The first-order valence-electron chi connectivity index (χ1n) is 6.11. The SMILES string of the molecule is CC1CCCc2c1[nH]c1ccc(C(N)=O)cc21. The average molecular weight is 228 g/mol. The van der Waals surface area contributed by atoms with Crippen molar-refractivity contribution in [1.29, 1.82) is 0 Å². The maximum Gasteiger partial charge on any atom is 0.248 e. The number of carbonyl (C=O) groups excluding carboxylic acids is 1. The number of nitrogens with one attached hydrogen (secondary N) is 1. The summed E-state index contributed by atoms with van der Waals surface area (Å²) in [5.74, 6) is 0.230. The summed E-state index contributed by atoms with van der Waals surface area (Å²) < 4.78 is 0. The van der Waals surface area contributed by atoms with Gasteiger partial charge in [0, 0.05) is 22.2 Å². The van der Waals surface area contributed by atoms with Gasteiger partial charge in [0.25, 0.3) is 0 Å². The molecule has 1 aromatic carbocycles. The summed E-state index contributed by atoms with van der Waals surface area (Å²) in [4.78, 5) is 14.7. The lowest BCUT2D eigenvalue weighted by Crippen LogP contribution is -2.10. The van der Waals surface area contributed by atoms with Gasteiger partial charge >= 0.3 is 0 Å². The quantitative estimate of drug-likeness (QED) is 0.774. The van der Waals surface area contributed by atoms with Gasteiger partial charge in [0.05, 0.1) is 0 Å². The van der Waals surface area contributed by atoms with E-state index in [9.17, 15) is 4.79 Å². The first kappa shape index (κ1) is 10.4. The van der Waals surface area contributed by atoms with Crippen molar-refractivity contribution in [3.8, 4) is 0 Å². The molecule has 0 spiro atoms. The summed E-state index contributed by atoms with van der Waals surface area (Å²) in [6.07, 6.45) is 3.56. The summed E-state index contributed by atoms with van der Waals surface area (Å²) in [7, 11) is 0. The van der Waals surface area contributed by atoms with Crippen LogP contribution in [0.3, 0.4) is 0 Å². The van der Waals surface area contributed by atoms with Crippen LogP contribution < -0.4 is 5.73 Å².